The summed E-state index contributed by atoms with van der Waals surface area (Å²) in [5, 5.41) is 32.9. The zero-order valence-corrected chi connectivity index (χ0v) is 4.23. The average Bonchev–Trinajstić information content (AvgIpc) is 1.84. The number of aliphatic hydroxyl groups excluding tert-OH is 4. The van der Waals surface area contributed by atoms with Crippen molar-refractivity contribution in [3.63, 3.8) is 0 Å². The van der Waals surface area contributed by atoms with Crippen LogP contribution in [0, 0.1) is 6.61 Å². The fraction of sp³-hybridized carbons (Fsp3) is 0.750. The quantitative estimate of drug-likeness (QED) is 0.356. The summed E-state index contributed by atoms with van der Waals surface area (Å²) in [6.07, 6.45) is -2.63. The first kappa shape index (κ1) is 7.84. The second-order valence-electron chi connectivity index (χ2n) is 1.39. The minimum atomic E-state index is -1.35. The van der Waals surface area contributed by atoms with Crippen LogP contribution < -0.4 is 0 Å². The highest BCUT2D eigenvalue weighted by Gasteiger charge is 2.12. The molecule has 0 aromatic carbocycles. The van der Waals surface area contributed by atoms with Gasteiger partial charge in [-0.15, -0.1) is 0 Å². The van der Waals surface area contributed by atoms with E-state index in [0.717, 1.165) is 0 Å². The van der Waals surface area contributed by atoms with Crippen LogP contribution in [0.1, 0.15) is 0 Å². The Bertz CT molecular complexity index is 48.0. The lowest BCUT2D eigenvalue weighted by Crippen LogP contribution is -2.29. The summed E-state index contributed by atoms with van der Waals surface area (Å²) in [6, 6.07) is 0. The van der Waals surface area contributed by atoms with Gasteiger partial charge in [-0.1, -0.05) is 0 Å². The molecule has 4 N–H and O–H groups in total. The lowest BCUT2D eigenvalue weighted by molar-refractivity contribution is -0.0170. The van der Waals surface area contributed by atoms with Gasteiger partial charge in [-0.25, -0.2) is 0 Å². The van der Waals surface area contributed by atoms with E-state index in [1.54, 1.807) is 0 Å². The van der Waals surface area contributed by atoms with E-state index < -0.39 is 18.8 Å². The van der Waals surface area contributed by atoms with Crippen molar-refractivity contribution in [2.45, 2.75) is 12.2 Å². The van der Waals surface area contributed by atoms with E-state index in [1.165, 1.54) is 0 Å². The van der Waals surface area contributed by atoms with Crippen molar-refractivity contribution in [2.75, 3.05) is 6.61 Å². The molecule has 0 aliphatic rings. The molecule has 49 valence electrons. The lowest BCUT2D eigenvalue weighted by Gasteiger charge is -2.10. The smallest absolute Gasteiger partial charge is 0.111 e. The number of hydrogen-bond acceptors (Lipinski definition) is 4. The summed E-state index contributed by atoms with van der Waals surface area (Å²) in [5.74, 6) is 0. The van der Waals surface area contributed by atoms with Crippen molar-refractivity contribution in [1.82, 2.24) is 0 Å². The third kappa shape index (κ3) is 2.23. The number of rotatable bonds is 3. The molecule has 0 amide bonds. The highest BCUT2D eigenvalue weighted by atomic mass is 16.4. The largest absolute Gasteiger partial charge is 0.394 e. The monoisotopic (exact) mass is 121 g/mol. The van der Waals surface area contributed by atoms with E-state index in [2.05, 4.69) is 0 Å². The molecule has 0 rings (SSSR count). The second kappa shape index (κ2) is 3.80. The third-order valence-corrected chi connectivity index (χ3v) is 0.734. The zero-order chi connectivity index (χ0) is 6.57. The first-order valence-electron chi connectivity index (χ1n) is 2.17. The Morgan fingerprint density at radius 1 is 1.38 bits per heavy atom. The Morgan fingerprint density at radius 3 is 2.00 bits per heavy atom. The molecule has 0 saturated heterocycles. The second-order valence-corrected chi connectivity index (χ2v) is 1.39. The van der Waals surface area contributed by atoms with Gasteiger partial charge < -0.3 is 20.4 Å². The normalized spacial score (nSPS) is 18.0. The molecular formula is C4H9O4. The average molecular weight is 121 g/mol. The highest BCUT2D eigenvalue weighted by Crippen LogP contribution is 1.92. The van der Waals surface area contributed by atoms with E-state index >= 15 is 0 Å². The van der Waals surface area contributed by atoms with Gasteiger partial charge in [-0.3, -0.25) is 0 Å². The Kier molecular flexibility index (Phi) is 3.72. The van der Waals surface area contributed by atoms with Crippen molar-refractivity contribution < 1.29 is 20.4 Å². The molecule has 0 bridgehead atoms. The van der Waals surface area contributed by atoms with E-state index in [0.29, 0.717) is 6.61 Å². The molecule has 0 aliphatic heterocycles. The molecule has 0 spiro atoms. The maximum absolute atomic E-state index is 8.44. The van der Waals surface area contributed by atoms with Gasteiger partial charge >= 0.3 is 0 Å². The van der Waals surface area contributed by atoms with E-state index in [-0.39, 0.29) is 0 Å². The molecule has 1 radical (unpaired) electrons. The van der Waals surface area contributed by atoms with Gasteiger partial charge in [0, 0.05) is 0 Å². The molecule has 4 heteroatoms. The van der Waals surface area contributed by atoms with Crippen LogP contribution in [0.4, 0.5) is 0 Å². The van der Waals surface area contributed by atoms with Crippen molar-refractivity contribution in [3.8, 4) is 0 Å². The number of aliphatic hydroxyl groups is 4. The SMILES string of the molecule is O[CH]C(O)C(O)CO. The van der Waals surface area contributed by atoms with Crippen LogP contribution in [-0.4, -0.2) is 39.2 Å². The Labute approximate surface area is 47.0 Å². The summed E-state index contributed by atoms with van der Waals surface area (Å²) in [6.45, 7) is -0.140. The van der Waals surface area contributed by atoms with Gasteiger partial charge in [-0.2, -0.15) is 0 Å². The first-order chi connectivity index (χ1) is 3.72. The van der Waals surface area contributed by atoms with Gasteiger partial charge in [0.15, 0.2) is 0 Å². The molecule has 2 unspecified atom stereocenters. The maximum Gasteiger partial charge on any atom is 0.111 e. The van der Waals surface area contributed by atoms with Gasteiger partial charge in [0.1, 0.15) is 18.8 Å². The summed E-state index contributed by atoms with van der Waals surface area (Å²) in [5.41, 5.74) is 0. The predicted octanol–water partition coefficient (Wildman–Crippen LogP) is -1.77. The molecule has 0 aliphatic carbocycles. The fourth-order valence-electron chi connectivity index (χ4n) is 0.207. The zero-order valence-electron chi connectivity index (χ0n) is 4.23. The lowest BCUT2D eigenvalue weighted by atomic mass is 10.2. The molecule has 2 atom stereocenters. The molecule has 0 fully saturated rings. The van der Waals surface area contributed by atoms with Gasteiger partial charge in [0.2, 0.25) is 0 Å². The van der Waals surface area contributed by atoms with Crippen LogP contribution >= 0.6 is 0 Å². The van der Waals surface area contributed by atoms with Crippen molar-refractivity contribution >= 4 is 0 Å². The fourth-order valence-corrected chi connectivity index (χ4v) is 0.207. The van der Waals surface area contributed by atoms with Crippen LogP contribution in [0.2, 0.25) is 0 Å². The minimum absolute atomic E-state index is 0.418. The molecule has 0 saturated carbocycles. The topological polar surface area (TPSA) is 80.9 Å². The Morgan fingerprint density at radius 2 is 1.88 bits per heavy atom. The van der Waals surface area contributed by atoms with Crippen LogP contribution in [0.3, 0.4) is 0 Å². The van der Waals surface area contributed by atoms with E-state index in [4.69, 9.17) is 20.4 Å². The van der Waals surface area contributed by atoms with Crippen LogP contribution in [0.5, 0.6) is 0 Å². The first-order valence-corrected chi connectivity index (χ1v) is 2.17. The molecule has 0 aromatic heterocycles. The standard InChI is InChI=1S/C4H9O4/c5-1-3(7)4(8)2-6/h1,3-8H,2H2. The van der Waals surface area contributed by atoms with Crippen molar-refractivity contribution in [2.24, 2.45) is 0 Å². The van der Waals surface area contributed by atoms with Crippen LogP contribution in [0.25, 0.3) is 0 Å². The Balaban J connectivity index is 3.29. The van der Waals surface area contributed by atoms with Crippen LogP contribution in [-0.2, 0) is 0 Å². The minimum Gasteiger partial charge on any atom is -0.394 e. The molecular weight excluding hydrogens is 112 g/mol. The predicted molar refractivity (Wildman–Crippen MR) is 25.3 cm³/mol. The molecule has 8 heavy (non-hydrogen) atoms. The van der Waals surface area contributed by atoms with Crippen LogP contribution in [0.15, 0.2) is 0 Å². The van der Waals surface area contributed by atoms with E-state index in [9.17, 15) is 0 Å². The summed E-state index contributed by atoms with van der Waals surface area (Å²) in [4.78, 5) is 0. The van der Waals surface area contributed by atoms with E-state index in [1.807, 2.05) is 0 Å². The van der Waals surface area contributed by atoms with Crippen molar-refractivity contribution in [3.05, 3.63) is 6.61 Å². The highest BCUT2D eigenvalue weighted by molar-refractivity contribution is 4.71. The van der Waals surface area contributed by atoms with Gasteiger partial charge in [-0.05, 0) is 0 Å². The third-order valence-electron chi connectivity index (χ3n) is 0.734. The van der Waals surface area contributed by atoms with Gasteiger partial charge in [0.25, 0.3) is 0 Å². The van der Waals surface area contributed by atoms with Gasteiger partial charge in [0.05, 0.1) is 6.61 Å². The van der Waals surface area contributed by atoms with Crippen molar-refractivity contribution in [1.29, 1.82) is 0 Å². The molecule has 0 aromatic rings. The summed E-state index contributed by atoms with van der Waals surface area (Å²) < 4.78 is 0. The number of hydrogen-bond donors (Lipinski definition) is 4. The maximum atomic E-state index is 8.44. The molecule has 0 heterocycles. The summed E-state index contributed by atoms with van der Waals surface area (Å²) in [7, 11) is 0. The molecule has 4 nitrogen and oxygen atoms in total. The Hall–Kier alpha value is -0.160. The summed E-state index contributed by atoms with van der Waals surface area (Å²) >= 11 is 0.